The maximum Gasteiger partial charge on any atom is 0.336 e. The smallest absolute Gasteiger partial charge is 0.336 e. The monoisotopic (exact) mass is 329 g/mol. The van der Waals surface area contributed by atoms with Gasteiger partial charge in [-0.3, -0.25) is 0 Å². The number of benzene rings is 3. The van der Waals surface area contributed by atoms with Gasteiger partial charge in [-0.2, -0.15) is 0 Å². The van der Waals surface area contributed by atoms with Crippen LogP contribution in [0.4, 0.5) is 0 Å². The normalized spacial score (nSPS) is 12.3. The fraction of sp³-hybridized carbons (Fsp3) is 0. The number of fused-ring (bicyclic) bond motifs is 4. The summed E-state index contributed by atoms with van der Waals surface area (Å²) >= 11 is 1.54. The molecular formula is C20H11NO2S. The number of para-hydroxylation sites is 1. The highest BCUT2D eigenvalue weighted by Gasteiger charge is 2.25. The van der Waals surface area contributed by atoms with Crippen molar-refractivity contribution < 1.29 is 9.90 Å². The van der Waals surface area contributed by atoms with Crippen molar-refractivity contribution in [1.29, 1.82) is 0 Å². The van der Waals surface area contributed by atoms with Crippen LogP contribution in [0.2, 0.25) is 0 Å². The first-order valence-corrected chi connectivity index (χ1v) is 8.42. The molecule has 0 fully saturated rings. The Bertz CT molecular complexity index is 1170. The number of hydrogen-bond acceptors (Lipinski definition) is 3. The van der Waals surface area contributed by atoms with E-state index in [1.54, 1.807) is 12.1 Å². The van der Waals surface area contributed by atoms with E-state index < -0.39 is 5.97 Å². The van der Waals surface area contributed by atoms with Gasteiger partial charge in [0.05, 0.1) is 16.6 Å². The summed E-state index contributed by atoms with van der Waals surface area (Å²) in [5.41, 5.74) is 4.25. The van der Waals surface area contributed by atoms with E-state index in [0.717, 1.165) is 42.7 Å². The van der Waals surface area contributed by atoms with Crippen molar-refractivity contribution in [3.63, 3.8) is 0 Å². The van der Waals surface area contributed by atoms with Gasteiger partial charge in [0, 0.05) is 20.6 Å². The standard InChI is InChI=1S/C20H11NO2S/c22-20(23)14-8-3-7-12-11-6-4-10-16-17(11)19(24-18(12)14)13-5-1-2-9-15(13)21-16/h1-10H,(H,22,23). The molecule has 2 heterocycles. The van der Waals surface area contributed by atoms with E-state index in [9.17, 15) is 9.90 Å². The van der Waals surface area contributed by atoms with Crippen LogP contribution in [0.5, 0.6) is 0 Å². The van der Waals surface area contributed by atoms with E-state index in [-0.39, 0.29) is 0 Å². The number of pyridine rings is 1. The van der Waals surface area contributed by atoms with E-state index in [1.807, 2.05) is 42.5 Å². The molecule has 1 aliphatic heterocycles. The summed E-state index contributed by atoms with van der Waals surface area (Å²) in [5, 5.41) is 11.7. The molecule has 0 bridgehead atoms. The second kappa shape index (κ2) is 4.82. The summed E-state index contributed by atoms with van der Waals surface area (Å²) in [6.07, 6.45) is 0. The Kier molecular flexibility index (Phi) is 2.73. The first kappa shape index (κ1) is 13.6. The van der Waals surface area contributed by atoms with Gasteiger partial charge in [0.2, 0.25) is 0 Å². The van der Waals surface area contributed by atoms with Gasteiger partial charge in [-0.25, -0.2) is 9.78 Å². The minimum Gasteiger partial charge on any atom is -0.478 e. The van der Waals surface area contributed by atoms with Crippen molar-refractivity contribution in [2.75, 3.05) is 0 Å². The van der Waals surface area contributed by atoms with Crippen LogP contribution in [-0.2, 0) is 0 Å². The molecule has 0 saturated carbocycles. The van der Waals surface area contributed by atoms with Gasteiger partial charge in [0.1, 0.15) is 0 Å². The highest BCUT2D eigenvalue weighted by Crippen LogP contribution is 2.50. The molecule has 1 aliphatic rings. The largest absolute Gasteiger partial charge is 0.478 e. The molecule has 0 atom stereocenters. The van der Waals surface area contributed by atoms with Crippen LogP contribution in [-0.4, -0.2) is 16.1 Å². The SMILES string of the molecule is O=C(O)c1cccc2c1Sc1c3ccccc3nc3cccc-2c13. The summed E-state index contributed by atoms with van der Waals surface area (Å²) in [7, 11) is 0. The predicted octanol–water partition coefficient (Wildman–Crippen LogP) is 5.22. The fourth-order valence-corrected chi connectivity index (χ4v) is 4.72. The number of hydrogen-bond donors (Lipinski definition) is 1. The van der Waals surface area contributed by atoms with Gasteiger partial charge in [0.25, 0.3) is 0 Å². The van der Waals surface area contributed by atoms with Crippen molar-refractivity contribution >= 4 is 39.5 Å². The number of nitrogens with zero attached hydrogens (tertiary/aromatic N) is 1. The topological polar surface area (TPSA) is 50.2 Å². The maximum atomic E-state index is 11.7. The fourth-order valence-electron chi connectivity index (χ4n) is 3.36. The lowest BCUT2D eigenvalue weighted by Gasteiger charge is -2.22. The maximum absolute atomic E-state index is 11.7. The lowest BCUT2D eigenvalue weighted by atomic mass is 9.97. The number of carboxylic acids is 1. The van der Waals surface area contributed by atoms with Crippen molar-refractivity contribution in [3.8, 4) is 11.1 Å². The van der Waals surface area contributed by atoms with Crippen molar-refractivity contribution in [2.45, 2.75) is 9.79 Å². The number of rotatable bonds is 1. The van der Waals surface area contributed by atoms with Gasteiger partial charge >= 0.3 is 5.97 Å². The summed E-state index contributed by atoms with van der Waals surface area (Å²) < 4.78 is 0. The summed E-state index contributed by atoms with van der Waals surface area (Å²) in [5.74, 6) is -0.895. The van der Waals surface area contributed by atoms with E-state index in [4.69, 9.17) is 4.98 Å². The molecule has 0 saturated heterocycles. The second-order valence-electron chi connectivity index (χ2n) is 5.75. The zero-order valence-corrected chi connectivity index (χ0v) is 13.3. The third kappa shape index (κ3) is 1.74. The van der Waals surface area contributed by atoms with Crippen molar-refractivity contribution in [3.05, 3.63) is 66.2 Å². The van der Waals surface area contributed by atoms with Crippen LogP contribution in [0, 0.1) is 0 Å². The molecule has 5 rings (SSSR count). The predicted molar refractivity (Wildman–Crippen MR) is 95.8 cm³/mol. The summed E-state index contributed by atoms with van der Waals surface area (Å²) in [6.45, 7) is 0. The van der Waals surface area contributed by atoms with E-state index in [2.05, 4.69) is 6.07 Å². The molecular weight excluding hydrogens is 318 g/mol. The Labute approximate surface area is 142 Å². The zero-order chi connectivity index (χ0) is 16.3. The first-order valence-electron chi connectivity index (χ1n) is 7.60. The molecule has 0 amide bonds. The van der Waals surface area contributed by atoms with Gasteiger partial charge in [-0.15, -0.1) is 0 Å². The Morgan fingerprint density at radius 3 is 2.46 bits per heavy atom. The molecule has 114 valence electrons. The lowest BCUT2D eigenvalue weighted by Crippen LogP contribution is -2.03. The van der Waals surface area contributed by atoms with Crippen LogP contribution < -0.4 is 0 Å². The Morgan fingerprint density at radius 1 is 0.833 bits per heavy atom. The van der Waals surface area contributed by atoms with Gasteiger partial charge in [-0.1, -0.05) is 54.2 Å². The quantitative estimate of drug-likeness (QED) is 0.428. The highest BCUT2D eigenvalue weighted by molar-refractivity contribution is 8.00. The molecule has 0 aliphatic carbocycles. The average molecular weight is 329 g/mol. The number of carboxylic acid groups (broad SMARTS) is 1. The van der Waals surface area contributed by atoms with Gasteiger partial charge < -0.3 is 5.11 Å². The lowest BCUT2D eigenvalue weighted by molar-refractivity contribution is 0.0693. The highest BCUT2D eigenvalue weighted by atomic mass is 32.2. The van der Waals surface area contributed by atoms with Crippen LogP contribution in [0.25, 0.3) is 32.9 Å². The van der Waals surface area contributed by atoms with E-state index >= 15 is 0 Å². The molecule has 0 radical (unpaired) electrons. The number of carbonyl (C=O) groups is 1. The molecule has 0 unspecified atom stereocenters. The third-order valence-corrected chi connectivity index (χ3v) is 5.67. The first-order chi connectivity index (χ1) is 11.7. The van der Waals surface area contributed by atoms with E-state index in [1.165, 1.54) is 11.8 Å². The van der Waals surface area contributed by atoms with Gasteiger partial charge in [0.15, 0.2) is 0 Å². The van der Waals surface area contributed by atoms with Gasteiger partial charge in [-0.05, 0) is 29.3 Å². The van der Waals surface area contributed by atoms with Crippen LogP contribution in [0.3, 0.4) is 0 Å². The molecule has 0 spiro atoms. The van der Waals surface area contributed by atoms with Crippen LogP contribution in [0.1, 0.15) is 10.4 Å². The van der Waals surface area contributed by atoms with Crippen molar-refractivity contribution in [1.82, 2.24) is 4.98 Å². The molecule has 1 N–H and O–H groups in total. The minimum atomic E-state index is -0.895. The Hall–Kier alpha value is -2.85. The number of aromatic nitrogens is 1. The summed E-state index contributed by atoms with van der Waals surface area (Å²) in [6, 6.07) is 19.5. The van der Waals surface area contributed by atoms with Crippen LogP contribution in [0.15, 0.2) is 70.5 Å². The second-order valence-corrected chi connectivity index (χ2v) is 6.77. The molecule has 1 aromatic heterocycles. The molecule has 24 heavy (non-hydrogen) atoms. The molecule has 4 aromatic rings. The minimum absolute atomic E-state index is 0.348. The van der Waals surface area contributed by atoms with Crippen LogP contribution >= 0.6 is 11.8 Å². The molecule has 4 heteroatoms. The van der Waals surface area contributed by atoms with Crippen molar-refractivity contribution in [2.24, 2.45) is 0 Å². The third-order valence-electron chi connectivity index (χ3n) is 4.40. The average Bonchev–Trinajstić information content (AvgIpc) is 2.61. The Balaban J connectivity index is 1.99. The van der Waals surface area contributed by atoms with E-state index in [0.29, 0.717) is 5.56 Å². The number of aromatic carboxylic acids is 1. The summed E-state index contributed by atoms with van der Waals surface area (Å²) in [4.78, 5) is 18.3. The Morgan fingerprint density at radius 2 is 1.58 bits per heavy atom. The molecule has 3 nitrogen and oxygen atoms in total. The zero-order valence-electron chi connectivity index (χ0n) is 12.5. The molecule has 3 aromatic carbocycles.